The van der Waals surface area contributed by atoms with Crippen LogP contribution in [-0.2, 0) is 9.59 Å². The number of nitrogens with two attached hydrogens (primary N) is 2. The molecule has 0 bridgehead atoms. The van der Waals surface area contributed by atoms with Gasteiger partial charge in [0, 0.05) is 18.7 Å². The highest BCUT2D eigenvalue weighted by molar-refractivity contribution is 6.34. The molecule has 1 heterocycles. The number of carbonyl (C=O) groups excluding carboxylic acids is 2. The molecule has 1 aromatic rings. The van der Waals surface area contributed by atoms with E-state index in [1.165, 1.54) is 0 Å². The first-order chi connectivity index (χ1) is 9.97. The SMILES string of the molecule is NC(=O)C1CCCN1CCC(=O)Nc1ccc(N)cc1Cl. The van der Waals surface area contributed by atoms with E-state index in [0.717, 1.165) is 19.4 Å². The second-order valence-electron chi connectivity index (χ2n) is 5.13. The number of halogens is 1. The van der Waals surface area contributed by atoms with Crippen LogP contribution in [0.2, 0.25) is 5.02 Å². The molecule has 1 aliphatic rings. The summed E-state index contributed by atoms with van der Waals surface area (Å²) < 4.78 is 0. The first-order valence-corrected chi connectivity index (χ1v) is 7.23. The Labute approximate surface area is 128 Å². The standard InChI is InChI=1S/C14H19ClN4O2/c15-10-8-9(16)3-4-11(10)18-13(20)5-7-19-6-1-2-12(19)14(17)21/h3-4,8,12H,1-2,5-7,16H2,(H2,17,21)(H,18,20). The number of nitrogens with one attached hydrogen (secondary N) is 1. The maximum Gasteiger partial charge on any atom is 0.234 e. The van der Waals surface area contributed by atoms with Crippen LogP contribution < -0.4 is 16.8 Å². The van der Waals surface area contributed by atoms with Gasteiger partial charge in [-0.25, -0.2) is 0 Å². The fraction of sp³-hybridized carbons (Fsp3) is 0.429. The van der Waals surface area contributed by atoms with Crippen molar-refractivity contribution in [2.45, 2.75) is 25.3 Å². The second kappa shape index (κ2) is 6.78. The Morgan fingerprint density at radius 1 is 1.43 bits per heavy atom. The number of nitrogens with zero attached hydrogens (tertiary/aromatic N) is 1. The summed E-state index contributed by atoms with van der Waals surface area (Å²) in [6.45, 7) is 1.30. The van der Waals surface area contributed by atoms with Crippen LogP contribution in [-0.4, -0.2) is 35.8 Å². The van der Waals surface area contributed by atoms with E-state index in [1.54, 1.807) is 18.2 Å². The van der Waals surface area contributed by atoms with Crippen molar-refractivity contribution >= 4 is 34.8 Å². The smallest absolute Gasteiger partial charge is 0.234 e. The normalized spacial score (nSPS) is 18.6. The Morgan fingerprint density at radius 2 is 2.19 bits per heavy atom. The number of rotatable bonds is 5. The third-order valence-electron chi connectivity index (χ3n) is 3.59. The fourth-order valence-corrected chi connectivity index (χ4v) is 2.74. The molecule has 7 heteroatoms. The Morgan fingerprint density at radius 3 is 2.86 bits per heavy atom. The molecule has 1 saturated heterocycles. The van der Waals surface area contributed by atoms with Crippen molar-refractivity contribution in [2.75, 3.05) is 24.1 Å². The van der Waals surface area contributed by atoms with Crippen molar-refractivity contribution in [3.8, 4) is 0 Å². The first-order valence-electron chi connectivity index (χ1n) is 6.85. The average Bonchev–Trinajstić information content (AvgIpc) is 2.88. The lowest BCUT2D eigenvalue weighted by Gasteiger charge is -2.21. The molecule has 0 aliphatic carbocycles. The fourth-order valence-electron chi connectivity index (χ4n) is 2.51. The molecule has 6 nitrogen and oxygen atoms in total. The van der Waals surface area contributed by atoms with Gasteiger partial charge < -0.3 is 16.8 Å². The molecule has 0 radical (unpaired) electrons. The van der Waals surface area contributed by atoms with E-state index in [0.29, 0.717) is 22.9 Å². The van der Waals surface area contributed by atoms with Crippen LogP contribution in [0.3, 0.4) is 0 Å². The van der Waals surface area contributed by atoms with Gasteiger partial charge >= 0.3 is 0 Å². The lowest BCUT2D eigenvalue weighted by Crippen LogP contribution is -2.41. The minimum Gasteiger partial charge on any atom is -0.399 e. The van der Waals surface area contributed by atoms with Crippen molar-refractivity contribution in [3.05, 3.63) is 23.2 Å². The van der Waals surface area contributed by atoms with Crippen molar-refractivity contribution in [2.24, 2.45) is 5.73 Å². The van der Waals surface area contributed by atoms with E-state index in [-0.39, 0.29) is 24.3 Å². The van der Waals surface area contributed by atoms with Gasteiger partial charge in [-0.2, -0.15) is 0 Å². The summed E-state index contributed by atoms with van der Waals surface area (Å²) in [4.78, 5) is 25.2. The van der Waals surface area contributed by atoms with Gasteiger partial charge in [0.1, 0.15) is 0 Å². The molecular formula is C14H19ClN4O2. The number of hydrogen-bond acceptors (Lipinski definition) is 4. The quantitative estimate of drug-likeness (QED) is 0.711. The Balaban J connectivity index is 1.86. The summed E-state index contributed by atoms with van der Waals surface area (Å²) in [7, 11) is 0. The van der Waals surface area contributed by atoms with Gasteiger partial charge in [0.25, 0.3) is 0 Å². The van der Waals surface area contributed by atoms with Crippen LogP contribution in [0.15, 0.2) is 18.2 Å². The van der Waals surface area contributed by atoms with Crippen molar-refractivity contribution in [1.29, 1.82) is 0 Å². The number of anilines is 2. The summed E-state index contributed by atoms with van der Waals surface area (Å²) in [5.41, 5.74) is 12.0. The van der Waals surface area contributed by atoms with Crippen LogP contribution in [0.25, 0.3) is 0 Å². The summed E-state index contributed by atoms with van der Waals surface area (Å²) in [6.07, 6.45) is 1.98. The van der Waals surface area contributed by atoms with Crippen LogP contribution in [0.1, 0.15) is 19.3 Å². The topological polar surface area (TPSA) is 101 Å². The molecule has 0 aromatic heterocycles. The largest absolute Gasteiger partial charge is 0.399 e. The Bertz CT molecular complexity index is 550. The predicted octanol–water partition coefficient (Wildman–Crippen LogP) is 1.20. The van der Waals surface area contributed by atoms with Crippen LogP contribution in [0.5, 0.6) is 0 Å². The molecule has 5 N–H and O–H groups in total. The number of primary amides is 1. The molecule has 0 spiro atoms. The van der Waals surface area contributed by atoms with Crippen LogP contribution >= 0.6 is 11.6 Å². The number of amides is 2. The number of hydrogen-bond donors (Lipinski definition) is 3. The van der Waals surface area contributed by atoms with Crippen molar-refractivity contribution in [1.82, 2.24) is 4.90 Å². The monoisotopic (exact) mass is 310 g/mol. The lowest BCUT2D eigenvalue weighted by molar-refractivity contribution is -0.123. The number of likely N-dealkylation sites (tertiary alicyclic amines) is 1. The van der Waals surface area contributed by atoms with Gasteiger partial charge in [0.2, 0.25) is 11.8 Å². The molecule has 1 atom stereocenters. The molecule has 2 amide bonds. The van der Waals surface area contributed by atoms with E-state index in [9.17, 15) is 9.59 Å². The molecule has 1 fully saturated rings. The van der Waals surface area contributed by atoms with Crippen LogP contribution in [0, 0.1) is 0 Å². The maximum atomic E-state index is 11.9. The summed E-state index contributed by atoms with van der Waals surface area (Å²) in [6, 6.07) is 4.67. The molecule has 1 aliphatic heterocycles. The average molecular weight is 311 g/mol. The highest BCUT2D eigenvalue weighted by atomic mass is 35.5. The maximum absolute atomic E-state index is 11.9. The minimum absolute atomic E-state index is 0.156. The van der Waals surface area contributed by atoms with E-state index in [2.05, 4.69) is 5.32 Å². The Hall–Kier alpha value is -1.79. The molecule has 0 saturated carbocycles. The summed E-state index contributed by atoms with van der Waals surface area (Å²) in [5.74, 6) is -0.480. The zero-order chi connectivity index (χ0) is 15.4. The zero-order valence-electron chi connectivity index (χ0n) is 11.6. The molecule has 21 heavy (non-hydrogen) atoms. The van der Waals surface area contributed by atoms with Crippen molar-refractivity contribution in [3.63, 3.8) is 0 Å². The summed E-state index contributed by atoms with van der Waals surface area (Å²) >= 11 is 6.00. The van der Waals surface area contributed by atoms with Gasteiger partial charge in [-0.15, -0.1) is 0 Å². The van der Waals surface area contributed by atoms with Crippen molar-refractivity contribution < 1.29 is 9.59 Å². The van der Waals surface area contributed by atoms with E-state index in [4.69, 9.17) is 23.1 Å². The minimum atomic E-state index is -0.325. The molecule has 1 unspecified atom stereocenters. The predicted molar refractivity (Wildman–Crippen MR) is 82.9 cm³/mol. The van der Waals surface area contributed by atoms with E-state index >= 15 is 0 Å². The third kappa shape index (κ3) is 4.09. The number of benzene rings is 1. The molecular weight excluding hydrogens is 292 g/mol. The number of nitrogen functional groups attached to an aromatic ring is 1. The zero-order valence-corrected chi connectivity index (χ0v) is 12.4. The van der Waals surface area contributed by atoms with E-state index in [1.807, 2.05) is 4.90 Å². The van der Waals surface area contributed by atoms with Gasteiger partial charge in [-0.05, 0) is 37.6 Å². The van der Waals surface area contributed by atoms with Gasteiger partial charge in [0.15, 0.2) is 0 Å². The van der Waals surface area contributed by atoms with Gasteiger partial charge in [0.05, 0.1) is 16.8 Å². The second-order valence-corrected chi connectivity index (χ2v) is 5.54. The number of carbonyl (C=O) groups is 2. The lowest BCUT2D eigenvalue weighted by atomic mass is 10.2. The Kier molecular flexibility index (Phi) is 5.03. The third-order valence-corrected chi connectivity index (χ3v) is 3.90. The molecule has 2 rings (SSSR count). The van der Waals surface area contributed by atoms with Crippen LogP contribution in [0.4, 0.5) is 11.4 Å². The van der Waals surface area contributed by atoms with Gasteiger partial charge in [-0.1, -0.05) is 11.6 Å². The highest BCUT2D eigenvalue weighted by Crippen LogP contribution is 2.24. The van der Waals surface area contributed by atoms with Gasteiger partial charge in [-0.3, -0.25) is 14.5 Å². The van der Waals surface area contributed by atoms with E-state index < -0.39 is 0 Å². The highest BCUT2D eigenvalue weighted by Gasteiger charge is 2.28. The summed E-state index contributed by atoms with van der Waals surface area (Å²) in [5, 5.41) is 3.14. The molecule has 114 valence electrons. The molecule has 1 aromatic carbocycles. The first kappa shape index (κ1) is 15.6.